The lowest BCUT2D eigenvalue weighted by molar-refractivity contribution is 0.104. The van der Waals surface area contributed by atoms with Crippen LogP contribution in [-0.4, -0.2) is 20.9 Å². The van der Waals surface area contributed by atoms with Crippen molar-refractivity contribution < 1.29 is 9.90 Å². The monoisotopic (exact) mass is 276 g/mol. The van der Waals surface area contributed by atoms with Gasteiger partial charge in [0, 0.05) is 23.3 Å². The van der Waals surface area contributed by atoms with Crippen molar-refractivity contribution in [3.8, 4) is 5.75 Å². The number of nitrogens with zero attached hydrogens (tertiary/aromatic N) is 2. The second kappa shape index (κ2) is 5.54. The molecular formula is C17H12N2O2. The molecule has 1 N–H and O–H groups in total. The molecule has 0 atom stereocenters. The molecule has 2 aromatic heterocycles. The third-order valence-corrected chi connectivity index (χ3v) is 3.07. The van der Waals surface area contributed by atoms with E-state index in [1.807, 2.05) is 12.1 Å². The summed E-state index contributed by atoms with van der Waals surface area (Å²) < 4.78 is 0. The Hall–Kier alpha value is -3.01. The second-order valence-corrected chi connectivity index (χ2v) is 4.52. The number of carbonyl (C=O) groups is 1. The number of phenolic OH excluding ortho intramolecular Hbond substituents is 1. The first kappa shape index (κ1) is 13.0. The van der Waals surface area contributed by atoms with Crippen molar-refractivity contribution in [1.29, 1.82) is 0 Å². The molecule has 4 nitrogen and oxygen atoms in total. The highest BCUT2D eigenvalue weighted by Gasteiger charge is 2.03. The summed E-state index contributed by atoms with van der Waals surface area (Å²) in [6, 6.07) is 12.3. The summed E-state index contributed by atoms with van der Waals surface area (Å²) in [7, 11) is 0. The van der Waals surface area contributed by atoms with E-state index in [2.05, 4.69) is 9.97 Å². The average Bonchev–Trinajstić information content (AvgIpc) is 2.54. The Morgan fingerprint density at radius 3 is 2.81 bits per heavy atom. The van der Waals surface area contributed by atoms with Crippen molar-refractivity contribution in [2.45, 2.75) is 0 Å². The first-order chi connectivity index (χ1) is 10.2. The van der Waals surface area contributed by atoms with Gasteiger partial charge in [0.1, 0.15) is 11.3 Å². The fourth-order valence-electron chi connectivity index (χ4n) is 2.01. The van der Waals surface area contributed by atoms with Crippen molar-refractivity contribution in [2.24, 2.45) is 0 Å². The van der Waals surface area contributed by atoms with E-state index < -0.39 is 0 Å². The number of para-hydroxylation sites is 1. The van der Waals surface area contributed by atoms with E-state index in [1.54, 1.807) is 42.6 Å². The standard InChI is InChI=1S/C17H12N2O2/c20-15(13-4-2-10-18-11-13)9-8-14-7-6-12-3-1-5-16(21)17(12)19-14/h1-11,21H/b9-8+. The van der Waals surface area contributed by atoms with E-state index in [0.29, 0.717) is 16.8 Å². The molecule has 0 aliphatic carbocycles. The average molecular weight is 276 g/mol. The number of hydrogen-bond acceptors (Lipinski definition) is 4. The van der Waals surface area contributed by atoms with E-state index in [1.165, 1.54) is 12.3 Å². The van der Waals surface area contributed by atoms with E-state index in [-0.39, 0.29) is 11.5 Å². The van der Waals surface area contributed by atoms with Crippen LogP contribution >= 0.6 is 0 Å². The quantitative estimate of drug-likeness (QED) is 0.589. The van der Waals surface area contributed by atoms with Crippen molar-refractivity contribution in [1.82, 2.24) is 9.97 Å². The number of aromatic hydroxyl groups is 1. The van der Waals surface area contributed by atoms with Crippen LogP contribution in [0.5, 0.6) is 5.75 Å². The van der Waals surface area contributed by atoms with E-state index in [9.17, 15) is 9.90 Å². The first-order valence-corrected chi connectivity index (χ1v) is 6.45. The van der Waals surface area contributed by atoms with Gasteiger partial charge in [0.2, 0.25) is 0 Å². The van der Waals surface area contributed by atoms with Crippen LogP contribution in [0.15, 0.2) is 60.9 Å². The fourth-order valence-corrected chi connectivity index (χ4v) is 2.01. The highest BCUT2D eigenvalue weighted by molar-refractivity contribution is 6.06. The zero-order valence-corrected chi connectivity index (χ0v) is 11.1. The third-order valence-electron chi connectivity index (χ3n) is 3.07. The van der Waals surface area contributed by atoms with Gasteiger partial charge >= 0.3 is 0 Å². The maximum atomic E-state index is 11.9. The summed E-state index contributed by atoms with van der Waals surface area (Å²) in [5, 5.41) is 10.6. The molecule has 0 unspecified atom stereocenters. The van der Waals surface area contributed by atoms with E-state index in [0.717, 1.165) is 5.39 Å². The summed E-state index contributed by atoms with van der Waals surface area (Å²) >= 11 is 0. The highest BCUT2D eigenvalue weighted by Crippen LogP contribution is 2.22. The molecular weight excluding hydrogens is 264 g/mol. The van der Waals surface area contributed by atoms with Crippen LogP contribution in [0.4, 0.5) is 0 Å². The minimum absolute atomic E-state index is 0.126. The highest BCUT2D eigenvalue weighted by atomic mass is 16.3. The molecule has 102 valence electrons. The van der Waals surface area contributed by atoms with Gasteiger partial charge in [-0.05, 0) is 36.4 Å². The Morgan fingerprint density at radius 1 is 1.10 bits per heavy atom. The molecule has 0 aliphatic heterocycles. The van der Waals surface area contributed by atoms with Crippen LogP contribution in [-0.2, 0) is 0 Å². The minimum Gasteiger partial charge on any atom is -0.506 e. The van der Waals surface area contributed by atoms with E-state index >= 15 is 0 Å². The number of ketones is 1. The molecule has 21 heavy (non-hydrogen) atoms. The van der Waals surface area contributed by atoms with Gasteiger partial charge in [0.25, 0.3) is 0 Å². The predicted molar refractivity (Wildman–Crippen MR) is 81.0 cm³/mol. The molecule has 0 radical (unpaired) electrons. The Morgan fingerprint density at radius 2 is 2.00 bits per heavy atom. The third kappa shape index (κ3) is 2.79. The van der Waals surface area contributed by atoms with Gasteiger partial charge in [-0.15, -0.1) is 0 Å². The number of fused-ring (bicyclic) bond motifs is 1. The number of pyridine rings is 2. The Kier molecular flexibility index (Phi) is 3.43. The van der Waals surface area contributed by atoms with Crippen LogP contribution in [0.25, 0.3) is 17.0 Å². The predicted octanol–water partition coefficient (Wildman–Crippen LogP) is 3.23. The van der Waals surface area contributed by atoms with Gasteiger partial charge < -0.3 is 5.11 Å². The SMILES string of the molecule is O=C(/C=C/c1ccc2cccc(O)c2n1)c1cccnc1. The van der Waals surface area contributed by atoms with Crippen molar-refractivity contribution in [3.05, 3.63) is 72.2 Å². The van der Waals surface area contributed by atoms with Crippen LogP contribution < -0.4 is 0 Å². The largest absolute Gasteiger partial charge is 0.506 e. The molecule has 0 amide bonds. The molecule has 2 heterocycles. The Balaban J connectivity index is 1.90. The number of hydrogen-bond donors (Lipinski definition) is 1. The molecule has 0 spiro atoms. The maximum Gasteiger partial charge on any atom is 0.187 e. The van der Waals surface area contributed by atoms with Crippen LogP contribution in [0.2, 0.25) is 0 Å². The summed E-state index contributed by atoms with van der Waals surface area (Å²) in [5.74, 6) is -0.0105. The lowest BCUT2D eigenvalue weighted by atomic mass is 10.1. The first-order valence-electron chi connectivity index (χ1n) is 6.45. The molecule has 0 bridgehead atoms. The number of aromatic nitrogens is 2. The molecule has 0 saturated carbocycles. The smallest absolute Gasteiger partial charge is 0.187 e. The van der Waals surface area contributed by atoms with E-state index in [4.69, 9.17) is 0 Å². The summed E-state index contributed by atoms with van der Waals surface area (Å²) in [5.41, 5.74) is 1.66. The zero-order valence-electron chi connectivity index (χ0n) is 11.1. The molecule has 0 saturated heterocycles. The van der Waals surface area contributed by atoms with Gasteiger partial charge in [-0.25, -0.2) is 4.98 Å². The summed E-state index contributed by atoms with van der Waals surface area (Å²) in [4.78, 5) is 20.2. The Labute approximate surface area is 121 Å². The number of rotatable bonds is 3. The van der Waals surface area contributed by atoms with Gasteiger partial charge in [0.05, 0.1) is 5.69 Å². The van der Waals surface area contributed by atoms with Crippen molar-refractivity contribution >= 4 is 22.8 Å². The zero-order chi connectivity index (χ0) is 14.7. The fraction of sp³-hybridized carbons (Fsp3) is 0. The summed E-state index contributed by atoms with van der Waals surface area (Å²) in [6.45, 7) is 0. The van der Waals surface area contributed by atoms with Crippen LogP contribution in [0, 0.1) is 0 Å². The minimum atomic E-state index is -0.137. The topological polar surface area (TPSA) is 63.1 Å². The molecule has 3 rings (SSSR count). The van der Waals surface area contributed by atoms with Gasteiger partial charge in [-0.2, -0.15) is 0 Å². The van der Waals surface area contributed by atoms with Gasteiger partial charge in [-0.3, -0.25) is 9.78 Å². The molecule has 1 aromatic carbocycles. The van der Waals surface area contributed by atoms with Crippen LogP contribution in [0.3, 0.4) is 0 Å². The normalized spacial score (nSPS) is 11.0. The lowest BCUT2D eigenvalue weighted by Crippen LogP contribution is -1.94. The molecule has 0 aliphatic rings. The molecule has 4 heteroatoms. The number of benzene rings is 1. The van der Waals surface area contributed by atoms with Crippen molar-refractivity contribution in [3.63, 3.8) is 0 Å². The molecule has 0 fully saturated rings. The number of allylic oxidation sites excluding steroid dienone is 1. The second-order valence-electron chi connectivity index (χ2n) is 4.52. The maximum absolute atomic E-state index is 11.9. The van der Waals surface area contributed by atoms with Crippen molar-refractivity contribution in [2.75, 3.05) is 0 Å². The van der Waals surface area contributed by atoms with Gasteiger partial charge in [0.15, 0.2) is 5.78 Å². The van der Waals surface area contributed by atoms with Crippen LogP contribution in [0.1, 0.15) is 16.1 Å². The lowest BCUT2D eigenvalue weighted by Gasteiger charge is -2.01. The summed E-state index contributed by atoms with van der Waals surface area (Å²) in [6.07, 6.45) is 6.22. The Bertz CT molecular complexity index is 827. The van der Waals surface area contributed by atoms with Gasteiger partial charge in [-0.1, -0.05) is 18.2 Å². The number of carbonyl (C=O) groups excluding carboxylic acids is 1. The molecule has 3 aromatic rings. The number of phenols is 1.